The van der Waals surface area contributed by atoms with Crippen LogP contribution in [0.25, 0.3) is 10.8 Å². The van der Waals surface area contributed by atoms with Gasteiger partial charge in [0.25, 0.3) is 0 Å². The molecule has 0 aliphatic carbocycles. The molecule has 0 unspecified atom stereocenters. The highest BCUT2D eigenvalue weighted by Gasteiger charge is 2.00. The summed E-state index contributed by atoms with van der Waals surface area (Å²) >= 11 is 0. The fourth-order valence-corrected chi connectivity index (χ4v) is 1.62. The Morgan fingerprint density at radius 2 is 1.93 bits per heavy atom. The fourth-order valence-electron chi connectivity index (χ4n) is 1.62. The summed E-state index contributed by atoms with van der Waals surface area (Å²) in [4.78, 5) is 10.7. The normalized spacial score (nSPS) is 10.4. The van der Waals surface area contributed by atoms with E-state index in [2.05, 4.69) is 0 Å². The average Bonchev–Trinajstić information content (AvgIpc) is 2.17. The summed E-state index contributed by atoms with van der Waals surface area (Å²) in [6, 6.07) is 11.0. The molecule has 0 heterocycles. The molecule has 2 nitrogen and oxygen atoms in total. The maximum absolute atomic E-state index is 10.7. The molecule has 0 amide bonds. The smallest absolute Gasteiger partial charge is 0.0715 e. The zero-order valence-electron chi connectivity index (χ0n) is 7.78. The Bertz CT molecular complexity index is 501. The van der Waals surface area contributed by atoms with Crippen molar-refractivity contribution in [1.29, 1.82) is 0 Å². The highest BCUT2D eigenvalue weighted by atomic mass is 16.4. The van der Waals surface area contributed by atoms with Gasteiger partial charge in [-0.2, -0.15) is 0 Å². The minimum atomic E-state index is -1.13. The van der Waals surface area contributed by atoms with Crippen LogP contribution in [0.1, 0.15) is 15.9 Å². The van der Waals surface area contributed by atoms with Gasteiger partial charge in [-0.3, -0.25) is 0 Å². The Hall–Kier alpha value is -1.83. The average molecular weight is 185 g/mol. The van der Waals surface area contributed by atoms with Gasteiger partial charge in [-0.15, -0.1) is 0 Å². The van der Waals surface area contributed by atoms with Gasteiger partial charge in [-0.05, 0) is 41.0 Å². The SMILES string of the molecule is Cc1cc(C(=O)[O-])cc2ccccc12. The first-order valence-electron chi connectivity index (χ1n) is 4.39. The lowest BCUT2D eigenvalue weighted by Gasteiger charge is -2.07. The van der Waals surface area contributed by atoms with Gasteiger partial charge in [0.15, 0.2) is 0 Å². The van der Waals surface area contributed by atoms with E-state index in [9.17, 15) is 9.90 Å². The molecule has 0 aliphatic rings. The van der Waals surface area contributed by atoms with Gasteiger partial charge in [-0.1, -0.05) is 24.3 Å². The van der Waals surface area contributed by atoms with Crippen LogP contribution in [0.15, 0.2) is 36.4 Å². The molecule has 0 N–H and O–H groups in total. The van der Waals surface area contributed by atoms with Crippen molar-refractivity contribution in [2.45, 2.75) is 6.92 Å². The van der Waals surface area contributed by atoms with Crippen molar-refractivity contribution < 1.29 is 9.90 Å². The third kappa shape index (κ3) is 1.35. The van der Waals surface area contributed by atoms with Crippen LogP contribution in [0.3, 0.4) is 0 Å². The summed E-state index contributed by atoms with van der Waals surface area (Å²) in [6.07, 6.45) is 0. The first-order valence-corrected chi connectivity index (χ1v) is 4.39. The Morgan fingerprint density at radius 1 is 1.21 bits per heavy atom. The molecule has 2 rings (SSSR count). The maximum atomic E-state index is 10.7. The molecular weight excluding hydrogens is 176 g/mol. The standard InChI is InChI=1S/C12H10O2/c1-8-6-10(12(13)14)7-9-4-2-3-5-11(8)9/h2-7H,1H3,(H,13,14)/p-1. The summed E-state index contributed by atoms with van der Waals surface area (Å²) in [5.74, 6) is -1.13. The first kappa shape index (κ1) is 8.75. The minimum Gasteiger partial charge on any atom is -0.545 e. The molecule has 2 aromatic carbocycles. The fraction of sp³-hybridized carbons (Fsp3) is 0.0833. The van der Waals surface area contributed by atoms with Gasteiger partial charge in [-0.25, -0.2) is 0 Å². The van der Waals surface area contributed by atoms with Crippen LogP contribution >= 0.6 is 0 Å². The van der Waals surface area contributed by atoms with Crippen LogP contribution in [0.4, 0.5) is 0 Å². The van der Waals surface area contributed by atoms with E-state index >= 15 is 0 Å². The van der Waals surface area contributed by atoms with Gasteiger partial charge in [0.1, 0.15) is 0 Å². The quantitative estimate of drug-likeness (QED) is 0.675. The zero-order chi connectivity index (χ0) is 10.1. The van der Waals surface area contributed by atoms with Crippen LogP contribution < -0.4 is 5.11 Å². The molecule has 2 aromatic rings. The number of hydrogen-bond acceptors (Lipinski definition) is 2. The van der Waals surface area contributed by atoms with Crippen molar-refractivity contribution in [3.8, 4) is 0 Å². The Kier molecular flexibility index (Phi) is 1.97. The molecule has 0 saturated carbocycles. The predicted molar refractivity (Wildman–Crippen MR) is 53.0 cm³/mol. The van der Waals surface area contributed by atoms with Crippen LogP contribution in [-0.4, -0.2) is 5.97 Å². The second-order valence-electron chi connectivity index (χ2n) is 3.30. The molecule has 0 atom stereocenters. The number of carbonyl (C=O) groups is 1. The predicted octanol–water partition coefficient (Wildman–Crippen LogP) is 1.51. The molecule has 2 heteroatoms. The number of hydrogen-bond donors (Lipinski definition) is 0. The number of carbonyl (C=O) groups excluding carboxylic acids is 1. The molecule has 0 saturated heterocycles. The Balaban J connectivity index is 2.78. The topological polar surface area (TPSA) is 40.1 Å². The lowest BCUT2D eigenvalue weighted by Crippen LogP contribution is -2.22. The number of rotatable bonds is 1. The highest BCUT2D eigenvalue weighted by molar-refractivity contribution is 5.95. The number of aromatic carboxylic acids is 1. The third-order valence-corrected chi connectivity index (χ3v) is 2.30. The third-order valence-electron chi connectivity index (χ3n) is 2.30. The number of carboxylic acid groups (broad SMARTS) is 1. The van der Waals surface area contributed by atoms with Gasteiger partial charge in [0.2, 0.25) is 0 Å². The number of carboxylic acids is 1. The van der Waals surface area contributed by atoms with Crippen LogP contribution in [0.2, 0.25) is 0 Å². The molecule has 0 radical (unpaired) electrons. The van der Waals surface area contributed by atoms with Crippen molar-refractivity contribution >= 4 is 16.7 Å². The molecule has 0 aromatic heterocycles. The van der Waals surface area contributed by atoms with E-state index in [1.165, 1.54) is 0 Å². The molecule has 0 bridgehead atoms. The molecule has 70 valence electrons. The van der Waals surface area contributed by atoms with Crippen LogP contribution in [-0.2, 0) is 0 Å². The van der Waals surface area contributed by atoms with Crippen molar-refractivity contribution in [2.75, 3.05) is 0 Å². The van der Waals surface area contributed by atoms with E-state index in [0.717, 1.165) is 16.3 Å². The lowest BCUT2D eigenvalue weighted by atomic mass is 10.0. The molecule has 14 heavy (non-hydrogen) atoms. The molecule has 0 fully saturated rings. The minimum absolute atomic E-state index is 0.237. The van der Waals surface area contributed by atoms with Crippen molar-refractivity contribution in [1.82, 2.24) is 0 Å². The highest BCUT2D eigenvalue weighted by Crippen LogP contribution is 2.19. The van der Waals surface area contributed by atoms with Crippen molar-refractivity contribution in [3.63, 3.8) is 0 Å². The first-order chi connectivity index (χ1) is 6.68. The maximum Gasteiger partial charge on any atom is 0.0715 e. The molecule has 0 spiro atoms. The molecule has 0 aliphatic heterocycles. The van der Waals surface area contributed by atoms with E-state index in [1.54, 1.807) is 12.1 Å². The van der Waals surface area contributed by atoms with Gasteiger partial charge in [0.05, 0.1) is 5.97 Å². The van der Waals surface area contributed by atoms with E-state index < -0.39 is 5.97 Å². The molecular formula is C12H9O2-. The van der Waals surface area contributed by atoms with E-state index in [-0.39, 0.29) is 5.56 Å². The van der Waals surface area contributed by atoms with Crippen LogP contribution in [0.5, 0.6) is 0 Å². The zero-order valence-corrected chi connectivity index (χ0v) is 7.78. The van der Waals surface area contributed by atoms with Crippen LogP contribution in [0, 0.1) is 6.92 Å². The number of fused-ring (bicyclic) bond motifs is 1. The summed E-state index contributed by atoms with van der Waals surface area (Å²) in [5.41, 5.74) is 1.20. The van der Waals surface area contributed by atoms with E-state index in [1.807, 2.05) is 31.2 Å². The second-order valence-corrected chi connectivity index (χ2v) is 3.30. The summed E-state index contributed by atoms with van der Waals surface area (Å²) < 4.78 is 0. The van der Waals surface area contributed by atoms with Crippen molar-refractivity contribution in [3.05, 3.63) is 47.5 Å². The summed E-state index contributed by atoms with van der Waals surface area (Å²) in [5, 5.41) is 12.7. The Labute approximate surface area is 81.8 Å². The van der Waals surface area contributed by atoms with Gasteiger partial charge < -0.3 is 9.90 Å². The number of benzene rings is 2. The summed E-state index contributed by atoms with van der Waals surface area (Å²) in [7, 11) is 0. The lowest BCUT2D eigenvalue weighted by molar-refractivity contribution is -0.255. The number of aryl methyl sites for hydroxylation is 1. The Morgan fingerprint density at radius 3 is 2.64 bits per heavy atom. The summed E-state index contributed by atoms with van der Waals surface area (Å²) in [6.45, 7) is 1.90. The van der Waals surface area contributed by atoms with E-state index in [4.69, 9.17) is 0 Å². The monoisotopic (exact) mass is 185 g/mol. The van der Waals surface area contributed by atoms with Gasteiger partial charge in [0, 0.05) is 0 Å². The van der Waals surface area contributed by atoms with Crippen molar-refractivity contribution in [2.24, 2.45) is 0 Å². The largest absolute Gasteiger partial charge is 0.545 e. The van der Waals surface area contributed by atoms with E-state index in [0.29, 0.717) is 0 Å². The second kappa shape index (κ2) is 3.14. The van der Waals surface area contributed by atoms with Gasteiger partial charge >= 0.3 is 0 Å².